The van der Waals surface area contributed by atoms with Gasteiger partial charge in [-0.2, -0.15) is 0 Å². The van der Waals surface area contributed by atoms with Gasteiger partial charge in [0.05, 0.1) is 4.90 Å². The van der Waals surface area contributed by atoms with Crippen LogP contribution in [0.3, 0.4) is 0 Å². The van der Waals surface area contributed by atoms with Gasteiger partial charge in [-0.1, -0.05) is 13.3 Å². The third-order valence-corrected chi connectivity index (χ3v) is 6.74. The fourth-order valence-corrected chi connectivity index (χ4v) is 4.83. The van der Waals surface area contributed by atoms with Crippen LogP contribution in [0.4, 0.5) is 0 Å². The highest BCUT2D eigenvalue weighted by molar-refractivity contribution is 7.89. The molecule has 0 unspecified atom stereocenters. The van der Waals surface area contributed by atoms with Gasteiger partial charge in [0, 0.05) is 35.9 Å². The van der Waals surface area contributed by atoms with E-state index in [-0.39, 0.29) is 0 Å². The van der Waals surface area contributed by atoms with Gasteiger partial charge in [0.1, 0.15) is 0 Å². The predicted octanol–water partition coefficient (Wildman–Crippen LogP) is 2.73. The van der Waals surface area contributed by atoms with E-state index >= 15 is 0 Å². The maximum absolute atomic E-state index is 12.5. The molecule has 0 aromatic carbocycles. The zero-order valence-electron chi connectivity index (χ0n) is 12.5. The quantitative estimate of drug-likeness (QED) is 0.802. The molecule has 4 nitrogen and oxygen atoms in total. The second-order valence-corrected chi connectivity index (χ2v) is 8.82. The van der Waals surface area contributed by atoms with Crippen molar-refractivity contribution >= 4 is 21.4 Å². The average Bonchev–Trinajstić information content (AvgIpc) is 3.15. The second kappa shape index (κ2) is 6.56. The Kier molecular flexibility index (Phi) is 5.23. The highest BCUT2D eigenvalue weighted by Crippen LogP contribution is 2.29. The molecule has 1 aliphatic rings. The summed E-state index contributed by atoms with van der Waals surface area (Å²) >= 11 is 1.58. The summed E-state index contributed by atoms with van der Waals surface area (Å²) in [5, 5.41) is 3.43. The Balaban J connectivity index is 2.09. The molecule has 1 heterocycles. The molecule has 114 valence electrons. The Bertz CT molecular complexity index is 548. The molecule has 1 saturated carbocycles. The molecule has 0 aliphatic heterocycles. The van der Waals surface area contributed by atoms with Crippen molar-refractivity contribution in [3.8, 4) is 0 Å². The maximum atomic E-state index is 12.5. The Hall–Kier alpha value is -0.430. The molecule has 0 saturated heterocycles. The van der Waals surface area contributed by atoms with Crippen LogP contribution in [0.1, 0.15) is 42.4 Å². The highest BCUT2D eigenvalue weighted by atomic mass is 32.2. The van der Waals surface area contributed by atoms with Crippen molar-refractivity contribution < 1.29 is 8.42 Å². The van der Waals surface area contributed by atoms with E-state index in [0.29, 0.717) is 17.5 Å². The molecular formula is C14H24N2O2S2. The van der Waals surface area contributed by atoms with E-state index in [1.165, 1.54) is 17.1 Å². The van der Waals surface area contributed by atoms with Gasteiger partial charge in [-0.25, -0.2) is 12.7 Å². The molecule has 1 aliphatic carbocycles. The molecule has 0 atom stereocenters. The Labute approximate surface area is 126 Å². The molecule has 1 fully saturated rings. The first kappa shape index (κ1) is 15.9. The molecule has 6 heteroatoms. The number of rotatable bonds is 8. The van der Waals surface area contributed by atoms with Crippen LogP contribution in [-0.2, 0) is 16.6 Å². The van der Waals surface area contributed by atoms with Crippen molar-refractivity contribution in [2.24, 2.45) is 0 Å². The molecule has 1 N–H and O–H groups in total. The molecule has 2 rings (SSSR count). The van der Waals surface area contributed by atoms with Crippen molar-refractivity contribution in [1.29, 1.82) is 0 Å². The normalized spacial score (nSPS) is 16.0. The van der Waals surface area contributed by atoms with E-state index in [0.717, 1.165) is 29.1 Å². The van der Waals surface area contributed by atoms with Crippen molar-refractivity contribution in [3.05, 3.63) is 15.8 Å². The standard InChI is InChI=1S/C14H24N2O2S2/c1-4-5-8-16(3)20(17,18)14-9-13(19-11(14)2)10-15-12-6-7-12/h9,12,15H,4-8,10H2,1-3H3. The summed E-state index contributed by atoms with van der Waals surface area (Å²) in [5.74, 6) is 0. The topological polar surface area (TPSA) is 49.4 Å². The second-order valence-electron chi connectivity index (χ2n) is 5.47. The first-order valence-electron chi connectivity index (χ1n) is 7.24. The monoisotopic (exact) mass is 316 g/mol. The number of unbranched alkanes of at least 4 members (excludes halogenated alkanes) is 1. The third kappa shape index (κ3) is 3.81. The lowest BCUT2D eigenvalue weighted by Crippen LogP contribution is -2.28. The minimum atomic E-state index is -3.33. The van der Waals surface area contributed by atoms with Crippen molar-refractivity contribution in [2.45, 2.75) is 57.0 Å². The zero-order valence-corrected chi connectivity index (χ0v) is 14.1. The fourth-order valence-electron chi connectivity index (χ4n) is 2.07. The number of nitrogens with one attached hydrogen (secondary N) is 1. The largest absolute Gasteiger partial charge is 0.309 e. The summed E-state index contributed by atoms with van der Waals surface area (Å²) in [6, 6.07) is 2.48. The molecule has 0 radical (unpaired) electrons. The van der Waals surface area contributed by atoms with Crippen LogP contribution in [0.15, 0.2) is 11.0 Å². The Morgan fingerprint density at radius 2 is 2.15 bits per heavy atom. The highest BCUT2D eigenvalue weighted by Gasteiger charge is 2.25. The first-order valence-corrected chi connectivity index (χ1v) is 9.50. The molecule has 0 spiro atoms. The number of aryl methyl sites for hydroxylation is 1. The number of sulfonamides is 1. The molecule has 1 aromatic rings. The number of hydrogen-bond acceptors (Lipinski definition) is 4. The van der Waals surface area contributed by atoms with Crippen molar-refractivity contribution in [1.82, 2.24) is 9.62 Å². The van der Waals surface area contributed by atoms with Crippen LogP contribution in [0, 0.1) is 6.92 Å². The van der Waals surface area contributed by atoms with Gasteiger partial charge in [-0.3, -0.25) is 0 Å². The summed E-state index contributed by atoms with van der Waals surface area (Å²) in [6.07, 6.45) is 4.39. The van der Waals surface area contributed by atoms with E-state index in [1.807, 2.05) is 13.0 Å². The van der Waals surface area contributed by atoms with Gasteiger partial charge in [0.15, 0.2) is 0 Å². The summed E-state index contributed by atoms with van der Waals surface area (Å²) in [7, 11) is -1.66. The van der Waals surface area contributed by atoms with Gasteiger partial charge < -0.3 is 5.32 Å². The van der Waals surface area contributed by atoms with Crippen LogP contribution >= 0.6 is 11.3 Å². The van der Waals surface area contributed by atoms with Crippen LogP contribution in [0.2, 0.25) is 0 Å². The van der Waals surface area contributed by atoms with E-state index in [2.05, 4.69) is 12.2 Å². The van der Waals surface area contributed by atoms with Crippen LogP contribution in [0.5, 0.6) is 0 Å². The summed E-state index contributed by atoms with van der Waals surface area (Å²) in [4.78, 5) is 2.48. The Morgan fingerprint density at radius 3 is 2.75 bits per heavy atom. The van der Waals surface area contributed by atoms with Crippen molar-refractivity contribution in [2.75, 3.05) is 13.6 Å². The van der Waals surface area contributed by atoms with Gasteiger partial charge in [0.25, 0.3) is 0 Å². The Morgan fingerprint density at radius 1 is 1.45 bits per heavy atom. The minimum Gasteiger partial charge on any atom is -0.309 e. The molecule has 0 bridgehead atoms. The van der Waals surface area contributed by atoms with E-state index < -0.39 is 10.0 Å². The van der Waals surface area contributed by atoms with Gasteiger partial charge in [-0.05, 0) is 32.3 Å². The fraction of sp³-hybridized carbons (Fsp3) is 0.714. The molecule has 1 aromatic heterocycles. The van der Waals surface area contributed by atoms with Gasteiger partial charge in [0.2, 0.25) is 10.0 Å². The summed E-state index contributed by atoms with van der Waals surface area (Å²) in [5.41, 5.74) is 0. The van der Waals surface area contributed by atoms with Crippen molar-refractivity contribution in [3.63, 3.8) is 0 Å². The number of thiophene rings is 1. The predicted molar refractivity (Wildman–Crippen MR) is 83.6 cm³/mol. The van der Waals surface area contributed by atoms with Gasteiger partial charge >= 0.3 is 0 Å². The SMILES string of the molecule is CCCCN(C)S(=O)(=O)c1cc(CNC2CC2)sc1C. The molecular weight excluding hydrogens is 292 g/mol. The molecule has 0 amide bonds. The van der Waals surface area contributed by atoms with Crippen LogP contribution in [0.25, 0.3) is 0 Å². The smallest absolute Gasteiger partial charge is 0.243 e. The zero-order chi connectivity index (χ0) is 14.8. The lowest BCUT2D eigenvalue weighted by molar-refractivity contribution is 0.459. The minimum absolute atomic E-state index is 0.480. The lowest BCUT2D eigenvalue weighted by Gasteiger charge is -2.16. The lowest BCUT2D eigenvalue weighted by atomic mass is 10.3. The van der Waals surface area contributed by atoms with E-state index in [9.17, 15) is 8.42 Å². The third-order valence-electron chi connectivity index (χ3n) is 3.58. The maximum Gasteiger partial charge on any atom is 0.243 e. The van der Waals surface area contributed by atoms with E-state index in [1.54, 1.807) is 18.4 Å². The summed E-state index contributed by atoms with van der Waals surface area (Å²) in [6.45, 7) is 5.33. The molecule has 20 heavy (non-hydrogen) atoms. The summed E-state index contributed by atoms with van der Waals surface area (Å²) < 4.78 is 26.5. The first-order chi connectivity index (χ1) is 9.45. The van der Waals surface area contributed by atoms with E-state index in [4.69, 9.17) is 0 Å². The number of nitrogens with zero attached hydrogens (tertiary/aromatic N) is 1. The van der Waals surface area contributed by atoms with Gasteiger partial charge in [-0.15, -0.1) is 11.3 Å². The van der Waals surface area contributed by atoms with Crippen LogP contribution in [-0.4, -0.2) is 32.4 Å². The average molecular weight is 316 g/mol. The number of hydrogen-bond donors (Lipinski definition) is 1. The van der Waals surface area contributed by atoms with Crippen LogP contribution < -0.4 is 5.32 Å².